The predicted octanol–water partition coefficient (Wildman–Crippen LogP) is 5.33. The van der Waals surface area contributed by atoms with E-state index in [1.54, 1.807) is 0 Å². The van der Waals surface area contributed by atoms with Crippen molar-refractivity contribution in [2.45, 2.75) is 51.1 Å². The highest BCUT2D eigenvalue weighted by Crippen LogP contribution is 2.30. The largest absolute Gasteiger partial charge is 0.428 e. The number of hydrogen-bond acceptors (Lipinski definition) is 4. The van der Waals surface area contributed by atoms with Crippen LogP contribution in [0.3, 0.4) is 0 Å². The molecule has 168 valence electrons. The van der Waals surface area contributed by atoms with Crippen molar-refractivity contribution in [3.8, 4) is 0 Å². The van der Waals surface area contributed by atoms with Crippen LogP contribution >= 0.6 is 0 Å². The Kier molecular flexibility index (Phi) is 6.91. The molecule has 0 atom stereocenters. The number of nitrogens with one attached hydrogen (secondary N) is 1. The molecule has 0 aromatic heterocycles. The number of alkyl halides is 3. The summed E-state index contributed by atoms with van der Waals surface area (Å²) in [6.45, 7) is 5.86. The van der Waals surface area contributed by atoms with E-state index in [9.17, 15) is 18.0 Å². The second kappa shape index (κ2) is 9.28. The van der Waals surface area contributed by atoms with Gasteiger partial charge < -0.3 is 4.74 Å². The molecule has 2 aromatic rings. The molecule has 0 spiro atoms. The van der Waals surface area contributed by atoms with E-state index in [1.807, 2.05) is 24.3 Å². The fraction of sp³-hybridized carbons (Fsp3) is 0.435. The van der Waals surface area contributed by atoms with Crippen molar-refractivity contribution in [3.63, 3.8) is 0 Å². The molecule has 3 N–H and O–H groups in total. The molecule has 1 aliphatic heterocycles. The number of nitrogens with zero attached hydrogens (tertiary/aromatic N) is 1. The fourth-order valence-corrected chi connectivity index (χ4v) is 3.53. The first-order chi connectivity index (χ1) is 14.5. The maximum absolute atomic E-state index is 12.7. The first-order valence-corrected chi connectivity index (χ1v) is 10.3. The van der Waals surface area contributed by atoms with Crippen LogP contribution in [0.2, 0.25) is 0 Å². The average Bonchev–Trinajstić information content (AvgIpc) is 2.70. The van der Waals surface area contributed by atoms with Gasteiger partial charge in [-0.2, -0.15) is 13.2 Å². The topological polar surface area (TPSA) is 67.6 Å². The van der Waals surface area contributed by atoms with Gasteiger partial charge in [-0.1, -0.05) is 38.1 Å². The first-order valence-electron chi connectivity index (χ1n) is 10.3. The number of carbonyl (C=O) groups excluding carboxylic acids is 1. The number of amides is 1. The van der Waals surface area contributed by atoms with Crippen LogP contribution in [0.15, 0.2) is 48.5 Å². The maximum Gasteiger partial charge on any atom is 0.416 e. The van der Waals surface area contributed by atoms with Crippen molar-refractivity contribution < 1.29 is 22.7 Å². The second-order valence-electron chi connectivity index (χ2n) is 8.33. The van der Waals surface area contributed by atoms with Crippen LogP contribution in [-0.2, 0) is 17.5 Å². The van der Waals surface area contributed by atoms with E-state index < -0.39 is 23.6 Å². The number of halogens is 3. The van der Waals surface area contributed by atoms with Gasteiger partial charge in [0.2, 0.25) is 0 Å². The summed E-state index contributed by atoms with van der Waals surface area (Å²) in [7, 11) is 0. The van der Waals surface area contributed by atoms with Gasteiger partial charge in [0.25, 0.3) is 0 Å². The van der Waals surface area contributed by atoms with Crippen molar-refractivity contribution in [2.75, 3.05) is 18.4 Å². The summed E-state index contributed by atoms with van der Waals surface area (Å²) in [5.74, 6) is 0.404. The van der Waals surface area contributed by atoms with Crippen molar-refractivity contribution in [1.82, 2.24) is 4.90 Å². The SMILES string of the molecule is CC(C)c1ccc(NC(=O)OC2(N)CCN(Cc3ccc(C(F)(F)F)cc3)CC2)cc1. The Balaban J connectivity index is 1.48. The van der Waals surface area contributed by atoms with E-state index in [0.29, 0.717) is 44.1 Å². The van der Waals surface area contributed by atoms with E-state index in [1.165, 1.54) is 17.7 Å². The summed E-state index contributed by atoms with van der Waals surface area (Å²) in [5, 5.41) is 2.70. The third-order valence-corrected chi connectivity index (χ3v) is 5.51. The van der Waals surface area contributed by atoms with E-state index >= 15 is 0 Å². The molecule has 2 aromatic carbocycles. The molecule has 1 amide bonds. The normalized spacial score (nSPS) is 16.9. The monoisotopic (exact) mass is 435 g/mol. The number of hydrogen-bond donors (Lipinski definition) is 2. The third kappa shape index (κ3) is 6.45. The molecule has 1 fully saturated rings. The van der Waals surface area contributed by atoms with Crippen LogP contribution in [0, 0.1) is 0 Å². The van der Waals surface area contributed by atoms with Gasteiger partial charge in [-0.15, -0.1) is 0 Å². The summed E-state index contributed by atoms with van der Waals surface area (Å²) in [5.41, 5.74) is 7.14. The quantitative estimate of drug-likeness (QED) is 0.623. The molecular weight excluding hydrogens is 407 g/mol. The van der Waals surface area contributed by atoms with Crippen molar-refractivity contribution in [3.05, 3.63) is 65.2 Å². The summed E-state index contributed by atoms with van der Waals surface area (Å²) in [6.07, 6.45) is -4.06. The lowest BCUT2D eigenvalue weighted by Gasteiger charge is -2.38. The van der Waals surface area contributed by atoms with Gasteiger partial charge >= 0.3 is 12.3 Å². The van der Waals surface area contributed by atoms with E-state index in [4.69, 9.17) is 10.5 Å². The van der Waals surface area contributed by atoms with E-state index in [2.05, 4.69) is 24.1 Å². The predicted molar refractivity (Wildman–Crippen MR) is 114 cm³/mol. The molecule has 1 aliphatic rings. The van der Waals surface area contributed by atoms with Crippen LogP contribution in [0.25, 0.3) is 0 Å². The lowest BCUT2D eigenvalue weighted by atomic mass is 10.0. The van der Waals surface area contributed by atoms with Gasteiger partial charge in [0.15, 0.2) is 5.72 Å². The molecule has 5 nitrogen and oxygen atoms in total. The van der Waals surface area contributed by atoms with Crippen LogP contribution in [-0.4, -0.2) is 29.8 Å². The van der Waals surface area contributed by atoms with Gasteiger partial charge in [0.1, 0.15) is 0 Å². The zero-order valence-electron chi connectivity index (χ0n) is 17.7. The van der Waals surface area contributed by atoms with Crippen LogP contribution in [0.1, 0.15) is 49.3 Å². The molecule has 3 rings (SSSR count). The number of benzene rings is 2. The number of nitrogens with two attached hydrogens (primary N) is 1. The van der Waals surface area contributed by atoms with E-state index in [0.717, 1.165) is 17.7 Å². The zero-order valence-corrected chi connectivity index (χ0v) is 17.7. The molecule has 1 saturated heterocycles. The van der Waals surface area contributed by atoms with Crippen molar-refractivity contribution in [1.29, 1.82) is 0 Å². The summed E-state index contributed by atoms with van der Waals surface area (Å²) >= 11 is 0. The number of ether oxygens (including phenoxy) is 1. The Hall–Kier alpha value is -2.58. The molecule has 0 unspecified atom stereocenters. The van der Waals surface area contributed by atoms with Crippen molar-refractivity contribution >= 4 is 11.8 Å². The highest BCUT2D eigenvalue weighted by molar-refractivity contribution is 5.84. The minimum Gasteiger partial charge on any atom is -0.428 e. The summed E-state index contributed by atoms with van der Waals surface area (Å²) < 4.78 is 43.5. The number of carbonyl (C=O) groups is 1. The molecule has 0 radical (unpaired) electrons. The van der Waals surface area contributed by atoms with Gasteiger partial charge in [-0.05, 0) is 41.3 Å². The van der Waals surface area contributed by atoms with Crippen LogP contribution < -0.4 is 11.1 Å². The van der Waals surface area contributed by atoms with Gasteiger partial charge in [-0.3, -0.25) is 16.0 Å². The molecule has 1 heterocycles. The number of anilines is 1. The van der Waals surface area contributed by atoms with Crippen LogP contribution in [0.5, 0.6) is 0 Å². The molecule has 8 heteroatoms. The zero-order chi connectivity index (χ0) is 22.6. The number of rotatable bonds is 5. The molecule has 31 heavy (non-hydrogen) atoms. The van der Waals surface area contributed by atoms with Crippen LogP contribution in [0.4, 0.5) is 23.7 Å². The Morgan fingerprint density at radius 2 is 1.68 bits per heavy atom. The Morgan fingerprint density at radius 3 is 2.19 bits per heavy atom. The van der Waals surface area contributed by atoms with Gasteiger partial charge in [-0.25, -0.2) is 4.79 Å². The molecule has 0 bridgehead atoms. The lowest BCUT2D eigenvalue weighted by molar-refractivity contribution is -0.137. The Morgan fingerprint density at radius 1 is 1.10 bits per heavy atom. The Bertz CT molecular complexity index is 872. The first kappa shape index (κ1) is 23.1. The fourth-order valence-electron chi connectivity index (χ4n) is 3.53. The highest BCUT2D eigenvalue weighted by atomic mass is 19.4. The summed E-state index contributed by atoms with van der Waals surface area (Å²) in [4.78, 5) is 14.4. The van der Waals surface area contributed by atoms with E-state index in [-0.39, 0.29) is 0 Å². The van der Waals surface area contributed by atoms with Gasteiger partial charge in [0, 0.05) is 38.2 Å². The molecule has 0 saturated carbocycles. The van der Waals surface area contributed by atoms with Crippen molar-refractivity contribution in [2.24, 2.45) is 5.73 Å². The minimum atomic E-state index is -4.34. The average molecular weight is 435 g/mol. The third-order valence-electron chi connectivity index (χ3n) is 5.51. The lowest BCUT2D eigenvalue weighted by Crippen LogP contribution is -2.53. The Labute approximate surface area is 180 Å². The standard InChI is InChI=1S/C23H28F3N3O2/c1-16(2)18-5-9-20(10-6-18)28-21(30)31-22(27)11-13-29(14-12-22)15-17-3-7-19(8-4-17)23(24,25)26/h3-10,16H,11-15,27H2,1-2H3,(H,28,30). The second-order valence-corrected chi connectivity index (χ2v) is 8.33. The highest BCUT2D eigenvalue weighted by Gasteiger charge is 2.35. The van der Waals surface area contributed by atoms with Gasteiger partial charge in [0.05, 0.1) is 5.56 Å². The number of piperidine rings is 1. The summed E-state index contributed by atoms with van der Waals surface area (Å²) in [6, 6.07) is 12.7. The molecular formula is C23H28F3N3O2. The number of likely N-dealkylation sites (tertiary alicyclic amines) is 1. The maximum atomic E-state index is 12.7. The molecule has 0 aliphatic carbocycles. The minimum absolute atomic E-state index is 0.404. The smallest absolute Gasteiger partial charge is 0.416 e.